The van der Waals surface area contributed by atoms with Crippen LogP contribution in [0.3, 0.4) is 0 Å². The number of aryl methyl sites for hydroxylation is 4. The summed E-state index contributed by atoms with van der Waals surface area (Å²) < 4.78 is 0. The van der Waals surface area contributed by atoms with Crippen molar-refractivity contribution in [2.75, 3.05) is 0 Å². The van der Waals surface area contributed by atoms with Gasteiger partial charge in [-0.1, -0.05) is 102 Å². The molecule has 0 unspecified atom stereocenters. The van der Waals surface area contributed by atoms with Crippen LogP contribution in [0.15, 0.2) is 60.7 Å². The van der Waals surface area contributed by atoms with Crippen molar-refractivity contribution in [3.05, 3.63) is 94.8 Å². The molecular weight excluding hydrogens is 701 g/mol. The molecule has 2 aromatic carbocycles. The molecular formula is C35H40IrN4O2+3. The second-order valence-corrected chi connectivity index (χ2v) is 12.8. The van der Waals surface area contributed by atoms with Crippen molar-refractivity contribution in [1.29, 1.82) is 0 Å². The molecule has 0 saturated carbocycles. The fraction of sp³-hybridized carbons (Fsp3) is 0.371. The molecule has 0 fully saturated rings. The van der Waals surface area contributed by atoms with Crippen molar-refractivity contribution < 1.29 is 29.7 Å². The van der Waals surface area contributed by atoms with Crippen molar-refractivity contribution >= 4 is 11.6 Å². The molecule has 4 aromatic rings. The summed E-state index contributed by atoms with van der Waals surface area (Å²) >= 11 is 0. The summed E-state index contributed by atoms with van der Waals surface area (Å²) in [5, 5.41) is 0. The predicted molar refractivity (Wildman–Crippen MR) is 164 cm³/mol. The number of benzene rings is 2. The Labute approximate surface area is 263 Å². The Balaban J connectivity index is 0.00000484. The van der Waals surface area contributed by atoms with Crippen LogP contribution in [-0.2, 0) is 35.1 Å². The minimum atomic E-state index is -1.85. The Kier molecular flexibility index (Phi) is 9.51. The number of nitrogens with zero attached hydrogens (tertiary/aromatic N) is 4. The van der Waals surface area contributed by atoms with E-state index in [1.165, 1.54) is 0 Å². The van der Waals surface area contributed by atoms with E-state index in [0.29, 0.717) is 34.2 Å². The van der Waals surface area contributed by atoms with E-state index in [1.807, 2.05) is 130 Å². The second-order valence-electron chi connectivity index (χ2n) is 12.8. The number of carbonyl (C=O) groups is 2. The molecule has 0 bridgehead atoms. The maximum atomic E-state index is 15.0. The van der Waals surface area contributed by atoms with Gasteiger partial charge in [0.15, 0.2) is 17.0 Å². The first-order valence-corrected chi connectivity index (χ1v) is 14.0. The SMILES string of the molecule is Cc1nc(C)c(C(C(=O)C(C)(C)C)(C(=O)C(C)(C)C)c2nc(-c3ccccc3)c(C)nc2C)nc1-c1ccccc1.[Ir+3]. The number of hydrogen-bond donors (Lipinski definition) is 0. The van der Waals surface area contributed by atoms with Gasteiger partial charge in [0.2, 0.25) is 0 Å². The minimum Gasteiger partial charge on any atom is -0.297 e. The molecule has 6 nitrogen and oxygen atoms in total. The molecule has 0 saturated heterocycles. The Bertz CT molecular complexity index is 1500. The van der Waals surface area contributed by atoms with Gasteiger partial charge in [0, 0.05) is 22.0 Å². The molecule has 218 valence electrons. The monoisotopic (exact) mass is 741 g/mol. The van der Waals surface area contributed by atoms with Crippen LogP contribution in [0.25, 0.3) is 22.5 Å². The van der Waals surface area contributed by atoms with Gasteiger partial charge in [0.25, 0.3) is 0 Å². The van der Waals surface area contributed by atoms with E-state index >= 15 is 0 Å². The molecule has 4 rings (SSSR count). The van der Waals surface area contributed by atoms with Gasteiger partial charge >= 0.3 is 20.1 Å². The number of rotatable bonds is 6. The van der Waals surface area contributed by atoms with Crippen molar-refractivity contribution in [2.24, 2.45) is 10.8 Å². The van der Waals surface area contributed by atoms with E-state index in [-0.39, 0.29) is 31.7 Å². The molecule has 0 aliphatic rings. The van der Waals surface area contributed by atoms with Crippen LogP contribution in [-0.4, -0.2) is 31.5 Å². The van der Waals surface area contributed by atoms with Crippen LogP contribution in [0.1, 0.15) is 75.7 Å². The molecule has 0 aliphatic heterocycles. The normalized spacial score (nSPS) is 12.0. The van der Waals surface area contributed by atoms with Gasteiger partial charge in [-0.25, -0.2) is 9.97 Å². The van der Waals surface area contributed by atoms with E-state index < -0.39 is 16.2 Å². The summed E-state index contributed by atoms with van der Waals surface area (Å²) in [5.74, 6) is -0.573. The summed E-state index contributed by atoms with van der Waals surface area (Å²) in [6.45, 7) is 18.5. The van der Waals surface area contributed by atoms with Crippen molar-refractivity contribution in [3.8, 4) is 22.5 Å². The summed E-state index contributed by atoms with van der Waals surface area (Å²) in [6, 6.07) is 19.5. The molecule has 2 heterocycles. The van der Waals surface area contributed by atoms with E-state index in [4.69, 9.17) is 19.9 Å². The minimum absolute atomic E-state index is 0. The zero-order valence-corrected chi connectivity index (χ0v) is 28.6. The Morgan fingerprint density at radius 3 is 1.10 bits per heavy atom. The van der Waals surface area contributed by atoms with E-state index in [9.17, 15) is 9.59 Å². The molecule has 0 spiro atoms. The molecule has 0 N–H and O–H groups in total. The molecule has 42 heavy (non-hydrogen) atoms. The molecule has 0 radical (unpaired) electrons. The summed E-state index contributed by atoms with van der Waals surface area (Å²) in [5.41, 5.74) is 2.36. The second kappa shape index (κ2) is 12.1. The zero-order valence-electron chi connectivity index (χ0n) is 26.2. The van der Waals surface area contributed by atoms with Gasteiger partial charge in [-0.05, 0) is 27.7 Å². The van der Waals surface area contributed by atoms with Crippen molar-refractivity contribution in [3.63, 3.8) is 0 Å². The van der Waals surface area contributed by atoms with E-state index in [0.717, 1.165) is 22.5 Å². The van der Waals surface area contributed by atoms with Crippen LogP contribution in [0, 0.1) is 38.5 Å². The van der Waals surface area contributed by atoms with Gasteiger partial charge < -0.3 is 0 Å². The number of aromatic nitrogens is 4. The van der Waals surface area contributed by atoms with Gasteiger partial charge in [0.1, 0.15) is 0 Å². The summed E-state index contributed by atoms with van der Waals surface area (Å²) in [4.78, 5) is 50.1. The smallest absolute Gasteiger partial charge is 0.297 e. The third kappa shape index (κ3) is 5.91. The number of Topliss-reactive ketones (excluding diaryl/α,β-unsaturated/α-hetero) is 2. The third-order valence-corrected chi connectivity index (χ3v) is 7.34. The largest absolute Gasteiger partial charge is 3.00 e. The molecule has 2 aromatic heterocycles. The average molecular weight is 741 g/mol. The Morgan fingerprint density at radius 2 is 0.810 bits per heavy atom. The first-order chi connectivity index (χ1) is 19.1. The standard InChI is InChI=1S/C35H40N4O2.Ir/c1-21-27(25-17-13-11-14-18-25)38-29(23(3)36-21)35(31(40)33(5,6)7,32(41)34(8,9)10)30-24(4)37-22(2)28(39-30)26-19-15-12-16-20-26;/h11-20H,1-10H3;/q;+3. The van der Waals surface area contributed by atoms with Crippen molar-refractivity contribution in [2.45, 2.75) is 74.7 Å². The van der Waals surface area contributed by atoms with Crippen LogP contribution in [0.4, 0.5) is 0 Å². The average Bonchev–Trinajstić information content (AvgIpc) is 2.90. The first kappa shape index (κ1) is 33.1. The molecule has 7 heteroatoms. The first-order valence-electron chi connectivity index (χ1n) is 14.0. The number of carbonyl (C=O) groups excluding carboxylic acids is 2. The summed E-state index contributed by atoms with van der Waals surface area (Å²) in [7, 11) is 0. The summed E-state index contributed by atoms with van der Waals surface area (Å²) in [6.07, 6.45) is 0. The van der Waals surface area contributed by atoms with Gasteiger partial charge in [-0.15, -0.1) is 0 Å². The molecule has 0 aliphatic carbocycles. The van der Waals surface area contributed by atoms with E-state index in [1.54, 1.807) is 0 Å². The predicted octanol–water partition coefficient (Wildman–Crippen LogP) is 7.35. The topological polar surface area (TPSA) is 85.7 Å². The van der Waals surface area contributed by atoms with Crippen LogP contribution in [0.5, 0.6) is 0 Å². The maximum absolute atomic E-state index is 15.0. The van der Waals surface area contributed by atoms with Gasteiger partial charge in [-0.3, -0.25) is 19.6 Å². The zero-order chi connectivity index (χ0) is 30.3. The fourth-order valence-electron chi connectivity index (χ4n) is 5.48. The quantitative estimate of drug-likeness (QED) is 0.192. The van der Waals surface area contributed by atoms with Crippen molar-refractivity contribution in [1.82, 2.24) is 19.9 Å². The van der Waals surface area contributed by atoms with E-state index in [2.05, 4.69) is 0 Å². The van der Waals surface area contributed by atoms with Crippen LogP contribution in [0.2, 0.25) is 0 Å². The Morgan fingerprint density at radius 1 is 0.500 bits per heavy atom. The number of hydrogen-bond acceptors (Lipinski definition) is 6. The number of ketones is 2. The van der Waals surface area contributed by atoms with Gasteiger partial charge in [0.05, 0.1) is 45.6 Å². The maximum Gasteiger partial charge on any atom is 3.00 e. The van der Waals surface area contributed by atoms with Crippen LogP contribution < -0.4 is 0 Å². The van der Waals surface area contributed by atoms with Crippen LogP contribution >= 0.6 is 0 Å². The molecule has 0 amide bonds. The van der Waals surface area contributed by atoms with Gasteiger partial charge in [-0.2, -0.15) is 0 Å². The fourth-order valence-corrected chi connectivity index (χ4v) is 5.48. The third-order valence-electron chi connectivity index (χ3n) is 7.34. The Hall–Kier alpha value is -3.41. The molecule has 0 atom stereocenters.